The standard InChI is InChI=1S/C29H36N4O3/c34-28(16-22-15-20-3-4-21(22)14-20)32-12-9-27(10-13-32)36-26-7-5-24(6-8-26)31-29(35)23-18-33(19-23)25-2-1-11-30-17-25/h1-2,5-8,11,17,20-23,27H,3-4,9-10,12-16,18-19H2,(H,31,35)/t20-,21-,22?/m0/s1. The Kier molecular flexibility index (Phi) is 6.55. The number of rotatable bonds is 7. The number of anilines is 2. The number of aromatic nitrogens is 1. The number of piperidine rings is 1. The highest BCUT2D eigenvalue weighted by atomic mass is 16.5. The third kappa shape index (κ3) is 5.06. The molecule has 0 spiro atoms. The lowest BCUT2D eigenvalue weighted by atomic mass is 9.86. The molecule has 2 aliphatic carbocycles. The second-order valence-corrected chi connectivity index (χ2v) is 11.2. The summed E-state index contributed by atoms with van der Waals surface area (Å²) in [5, 5.41) is 3.02. The number of ether oxygens (including phenoxy) is 1. The zero-order valence-corrected chi connectivity index (χ0v) is 20.9. The minimum atomic E-state index is -0.0159. The normalized spacial score (nSPS) is 26.1. The van der Waals surface area contributed by atoms with Crippen molar-refractivity contribution in [1.82, 2.24) is 9.88 Å². The Morgan fingerprint density at radius 1 is 1.00 bits per heavy atom. The molecule has 2 saturated heterocycles. The van der Waals surface area contributed by atoms with Crippen LogP contribution in [0, 0.1) is 23.7 Å². The summed E-state index contributed by atoms with van der Waals surface area (Å²) >= 11 is 0. The van der Waals surface area contributed by atoms with E-state index in [1.54, 1.807) is 6.20 Å². The van der Waals surface area contributed by atoms with Crippen LogP contribution in [0.25, 0.3) is 0 Å². The van der Waals surface area contributed by atoms with Crippen molar-refractivity contribution in [2.45, 2.75) is 51.0 Å². The van der Waals surface area contributed by atoms with Crippen LogP contribution < -0.4 is 15.0 Å². The first-order valence-electron chi connectivity index (χ1n) is 13.6. The molecule has 1 N–H and O–H groups in total. The zero-order valence-electron chi connectivity index (χ0n) is 20.9. The Morgan fingerprint density at radius 3 is 2.47 bits per heavy atom. The van der Waals surface area contributed by atoms with Crippen molar-refractivity contribution in [3.8, 4) is 5.75 Å². The van der Waals surface area contributed by atoms with Crippen molar-refractivity contribution >= 4 is 23.2 Å². The van der Waals surface area contributed by atoms with Crippen LogP contribution >= 0.6 is 0 Å². The third-order valence-electron chi connectivity index (χ3n) is 8.80. The highest BCUT2D eigenvalue weighted by molar-refractivity contribution is 5.94. The summed E-state index contributed by atoms with van der Waals surface area (Å²) in [7, 11) is 0. The van der Waals surface area contributed by atoms with E-state index >= 15 is 0 Å². The molecule has 36 heavy (non-hydrogen) atoms. The maximum atomic E-state index is 12.8. The fourth-order valence-electron chi connectivity index (χ4n) is 6.65. The van der Waals surface area contributed by atoms with E-state index in [1.165, 1.54) is 25.7 Å². The van der Waals surface area contributed by atoms with Gasteiger partial charge in [-0.1, -0.05) is 6.42 Å². The molecular weight excluding hydrogens is 452 g/mol. The number of amides is 2. The van der Waals surface area contributed by atoms with E-state index in [0.717, 1.165) is 61.3 Å². The van der Waals surface area contributed by atoms with Gasteiger partial charge in [0.05, 0.1) is 17.8 Å². The topological polar surface area (TPSA) is 74.8 Å². The van der Waals surface area contributed by atoms with E-state index in [1.807, 2.05) is 42.6 Å². The average Bonchev–Trinajstić information content (AvgIpc) is 3.49. The highest BCUT2D eigenvalue weighted by Gasteiger charge is 2.41. The third-order valence-corrected chi connectivity index (χ3v) is 8.80. The molecule has 1 unspecified atom stereocenters. The van der Waals surface area contributed by atoms with Crippen molar-refractivity contribution < 1.29 is 14.3 Å². The van der Waals surface area contributed by atoms with Crippen molar-refractivity contribution in [3.63, 3.8) is 0 Å². The minimum absolute atomic E-state index is 0.0159. The van der Waals surface area contributed by atoms with Gasteiger partial charge < -0.3 is 19.9 Å². The van der Waals surface area contributed by atoms with Crippen molar-refractivity contribution in [2.24, 2.45) is 23.7 Å². The molecule has 2 aliphatic heterocycles. The van der Waals surface area contributed by atoms with E-state index in [0.29, 0.717) is 24.9 Å². The van der Waals surface area contributed by atoms with Gasteiger partial charge in [-0.2, -0.15) is 0 Å². The molecule has 7 heteroatoms. The fraction of sp³-hybridized carbons (Fsp3) is 0.552. The van der Waals surface area contributed by atoms with Gasteiger partial charge in [0.2, 0.25) is 11.8 Å². The number of carbonyl (C=O) groups is 2. The smallest absolute Gasteiger partial charge is 0.231 e. The minimum Gasteiger partial charge on any atom is -0.490 e. The lowest BCUT2D eigenvalue weighted by Crippen LogP contribution is -2.52. The van der Waals surface area contributed by atoms with Gasteiger partial charge in [-0.15, -0.1) is 0 Å². The molecule has 4 aliphatic rings. The van der Waals surface area contributed by atoms with Crippen LogP contribution in [-0.2, 0) is 9.59 Å². The average molecular weight is 489 g/mol. The van der Waals surface area contributed by atoms with Gasteiger partial charge in [-0.25, -0.2) is 0 Å². The van der Waals surface area contributed by atoms with Gasteiger partial charge in [0, 0.05) is 57.3 Å². The molecule has 6 rings (SSSR count). The Bertz CT molecular complexity index is 1060. The summed E-state index contributed by atoms with van der Waals surface area (Å²) in [6.07, 6.45) is 11.6. The SMILES string of the molecule is O=C(Nc1ccc(OC2CCN(C(=O)CC3C[C@H]4CC[C@H]3C4)CC2)cc1)C1CN(c2cccnc2)C1. The van der Waals surface area contributed by atoms with Gasteiger partial charge >= 0.3 is 0 Å². The van der Waals surface area contributed by atoms with Gasteiger partial charge in [0.1, 0.15) is 11.9 Å². The van der Waals surface area contributed by atoms with Crippen molar-refractivity contribution in [2.75, 3.05) is 36.4 Å². The molecule has 190 valence electrons. The molecule has 0 radical (unpaired) electrons. The molecule has 1 aromatic carbocycles. The summed E-state index contributed by atoms with van der Waals surface area (Å²) in [5.74, 6) is 3.53. The Morgan fingerprint density at radius 2 is 1.81 bits per heavy atom. The second-order valence-electron chi connectivity index (χ2n) is 11.2. The molecular formula is C29H36N4O3. The summed E-state index contributed by atoms with van der Waals surface area (Å²) in [4.78, 5) is 33.8. The Hall–Kier alpha value is -3.09. The summed E-state index contributed by atoms with van der Waals surface area (Å²) < 4.78 is 6.20. The summed E-state index contributed by atoms with van der Waals surface area (Å²) in [6.45, 7) is 3.00. The number of nitrogens with zero attached hydrogens (tertiary/aromatic N) is 3. The molecule has 2 bridgehead atoms. The fourth-order valence-corrected chi connectivity index (χ4v) is 6.65. The number of hydrogen-bond donors (Lipinski definition) is 1. The second kappa shape index (κ2) is 10.1. The molecule has 2 amide bonds. The zero-order chi connectivity index (χ0) is 24.5. The maximum Gasteiger partial charge on any atom is 0.231 e. The van der Waals surface area contributed by atoms with Crippen LogP contribution in [-0.4, -0.2) is 54.0 Å². The van der Waals surface area contributed by atoms with E-state index in [2.05, 4.69) is 20.1 Å². The number of fused-ring (bicyclic) bond motifs is 2. The monoisotopic (exact) mass is 488 g/mol. The molecule has 3 heterocycles. The Labute approximate surface area is 213 Å². The number of carbonyl (C=O) groups excluding carboxylic acids is 2. The van der Waals surface area contributed by atoms with Crippen LogP contribution in [0.15, 0.2) is 48.8 Å². The lowest BCUT2D eigenvalue weighted by Gasteiger charge is -2.39. The predicted octanol–water partition coefficient (Wildman–Crippen LogP) is 4.35. The van der Waals surface area contributed by atoms with E-state index in [4.69, 9.17) is 4.74 Å². The number of likely N-dealkylation sites (tertiary alicyclic amines) is 1. The van der Waals surface area contributed by atoms with Crippen molar-refractivity contribution in [1.29, 1.82) is 0 Å². The molecule has 7 nitrogen and oxygen atoms in total. The van der Waals surface area contributed by atoms with E-state index < -0.39 is 0 Å². The number of hydrogen-bond acceptors (Lipinski definition) is 5. The van der Waals surface area contributed by atoms with Gasteiger partial charge in [-0.3, -0.25) is 14.6 Å². The summed E-state index contributed by atoms with van der Waals surface area (Å²) in [6, 6.07) is 11.6. The van der Waals surface area contributed by atoms with Crippen LogP contribution in [0.4, 0.5) is 11.4 Å². The predicted molar refractivity (Wildman–Crippen MR) is 139 cm³/mol. The van der Waals surface area contributed by atoms with Crippen LogP contribution in [0.5, 0.6) is 5.75 Å². The lowest BCUT2D eigenvalue weighted by molar-refractivity contribution is -0.134. The Balaban J connectivity index is 0.918. The van der Waals surface area contributed by atoms with Gasteiger partial charge in [0.15, 0.2) is 0 Å². The number of benzene rings is 1. The van der Waals surface area contributed by atoms with Gasteiger partial charge in [-0.05, 0) is 73.4 Å². The van der Waals surface area contributed by atoms with Crippen LogP contribution in [0.3, 0.4) is 0 Å². The largest absolute Gasteiger partial charge is 0.490 e. The van der Waals surface area contributed by atoms with Crippen LogP contribution in [0.2, 0.25) is 0 Å². The molecule has 3 atom stereocenters. The number of nitrogens with one attached hydrogen (secondary N) is 1. The van der Waals surface area contributed by atoms with Crippen LogP contribution in [0.1, 0.15) is 44.9 Å². The highest BCUT2D eigenvalue weighted by Crippen LogP contribution is 2.49. The van der Waals surface area contributed by atoms with Gasteiger partial charge in [0.25, 0.3) is 0 Å². The number of pyridine rings is 1. The molecule has 2 aromatic rings. The maximum absolute atomic E-state index is 12.8. The molecule has 1 aromatic heterocycles. The first-order valence-corrected chi connectivity index (χ1v) is 13.6. The van der Waals surface area contributed by atoms with E-state index in [9.17, 15) is 9.59 Å². The first-order chi connectivity index (χ1) is 17.6. The molecule has 2 saturated carbocycles. The summed E-state index contributed by atoms with van der Waals surface area (Å²) in [5.41, 5.74) is 1.84. The van der Waals surface area contributed by atoms with E-state index in [-0.39, 0.29) is 17.9 Å². The first kappa shape index (κ1) is 23.3. The van der Waals surface area contributed by atoms with Crippen molar-refractivity contribution in [3.05, 3.63) is 48.8 Å². The quantitative estimate of drug-likeness (QED) is 0.627. The molecule has 4 fully saturated rings.